The smallest absolute Gasteiger partial charge is 0.272 e. The number of carbonyl (C=O) groups excluding carboxylic acids is 1. The highest BCUT2D eigenvalue weighted by Crippen LogP contribution is 2.31. The van der Waals surface area contributed by atoms with Crippen molar-refractivity contribution in [1.29, 1.82) is 0 Å². The first-order chi connectivity index (χ1) is 13.1. The van der Waals surface area contributed by atoms with E-state index in [0.29, 0.717) is 39.1 Å². The summed E-state index contributed by atoms with van der Waals surface area (Å²) in [5.41, 5.74) is -0.217. The van der Waals surface area contributed by atoms with Crippen molar-refractivity contribution < 1.29 is 23.0 Å². The lowest BCUT2D eigenvalue weighted by molar-refractivity contribution is -0.181. The third-order valence-corrected chi connectivity index (χ3v) is 4.70. The molecule has 1 spiro atoms. The molecule has 2 fully saturated rings. The Hall–Kier alpha value is -2.65. The van der Waals surface area contributed by atoms with Gasteiger partial charge in [0.15, 0.2) is 5.79 Å². The van der Waals surface area contributed by atoms with Gasteiger partial charge in [-0.1, -0.05) is 6.07 Å². The van der Waals surface area contributed by atoms with Crippen molar-refractivity contribution in [3.63, 3.8) is 0 Å². The van der Waals surface area contributed by atoms with E-state index in [9.17, 15) is 13.6 Å². The molecule has 27 heavy (non-hydrogen) atoms. The second kappa shape index (κ2) is 7.16. The summed E-state index contributed by atoms with van der Waals surface area (Å²) in [4.78, 5) is 22.4. The first kappa shape index (κ1) is 17.7. The number of halogens is 2. The number of piperidine rings is 1. The Labute approximate surface area is 154 Å². The van der Waals surface area contributed by atoms with Gasteiger partial charge in [-0.2, -0.15) is 0 Å². The fourth-order valence-electron chi connectivity index (χ4n) is 3.27. The average Bonchev–Trinajstić information content (AvgIpc) is 3.13. The van der Waals surface area contributed by atoms with Crippen molar-refractivity contribution in [3.05, 3.63) is 47.8 Å². The van der Waals surface area contributed by atoms with Gasteiger partial charge >= 0.3 is 0 Å². The fraction of sp³-hybridized carbons (Fsp3) is 0.389. The van der Waals surface area contributed by atoms with Crippen LogP contribution in [0.4, 0.5) is 20.4 Å². The minimum atomic E-state index is -0.770. The third-order valence-electron chi connectivity index (χ3n) is 4.70. The topological polar surface area (TPSA) is 76.6 Å². The van der Waals surface area contributed by atoms with Crippen molar-refractivity contribution in [3.8, 4) is 0 Å². The molecule has 142 valence electrons. The van der Waals surface area contributed by atoms with Gasteiger partial charge in [-0.25, -0.2) is 18.7 Å². The monoisotopic (exact) mass is 376 g/mol. The van der Waals surface area contributed by atoms with E-state index in [1.54, 1.807) is 4.90 Å². The normalized spacial score (nSPS) is 18.7. The molecule has 2 aromatic rings. The van der Waals surface area contributed by atoms with Crippen molar-refractivity contribution in [1.82, 2.24) is 14.9 Å². The summed E-state index contributed by atoms with van der Waals surface area (Å²) in [7, 11) is 0. The van der Waals surface area contributed by atoms with Crippen molar-refractivity contribution in [2.24, 2.45) is 0 Å². The van der Waals surface area contributed by atoms with Crippen molar-refractivity contribution >= 4 is 17.5 Å². The van der Waals surface area contributed by atoms with Crippen molar-refractivity contribution in [2.75, 3.05) is 31.6 Å². The van der Waals surface area contributed by atoms with Crippen LogP contribution in [0.3, 0.4) is 0 Å². The zero-order valence-corrected chi connectivity index (χ0v) is 14.5. The zero-order valence-electron chi connectivity index (χ0n) is 14.5. The van der Waals surface area contributed by atoms with Gasteiger partial charge in [-0.15, -0.1) is 0 Å². The summed E-state index contributed by atoms with van der Waals surface area (Å²) in [6, 6.07) is 4.98. The molecule has 2 aliphatic rings. The lowest BCUT2D eigenvalue weighted by atomic mass is 10.0. The Morgan fingerprint density at radius 2 is 1.78 bits per heavy atom. The summed E-state index contributed by atoms with van der Waals surface area (Å²) < 4.78 is 38.9. The van der Waals surface area contributed by atoms with Gasteiger partial charge < -0.3 is 19.7 Å². The van der Waals surface area contributed by atoms with Gasteiger partial charge in [0.1, 0.15) is 23.0 Å². The van der Waals surface area contributed by atoms with Crippen LogP contribution in [-0.4, -0.2) is 52.9 Å². The van der Waals surface area contributed by atoms with Crippen LogP contribution in [0, 0.1) is 11.6 Å². The molecule has 1 aromatic heterocycles. The van der Waals surface area contributed by atoms with Crippen LogP contribution in [0.25, 0.3) is 0 Å². The number of hydrogen-bond donors (Lipinski definition) is 1. The summed E-state index contributed by atoms with van der Waals surface area (Å²) in [5.74, 6) is -2.44. The molecule has 2 aliphatic heterocycles. The maximum Gasteiger partial charge on any atom is 0.272 e. The van der Waals surface area contributed by atoms with Crippen LogP contribution in [0.2, 0.25) is 0 Å². The Morgan fingerprint density at radius 3 is 2.44 bits per heavy atom. The summed E-state index contributed by atoms with van der Waals surface area (Å²) in [6.45, 7) is 2.10. The lowest BCUT2D eigenvalue weighted by Gasteiger charge is -2.37. The van der Waals surface area contributed by atoms with Gasteiger partial charge in [0, 0.05) is 32.1 Å². The Bertz CT molecular complexity index is 828. The lowest BCUT2D eigenvalue weighted by Crippen LogP contribution is -2.47. The molecule has 0 saturated carbocycles. The second-order valence-electron chi connectivity index (χ2n) is 6.39. The highest BCUT2D eigenvalue weighted by Gasteiger charge is 2.41. The highest BCUT2D eigenvalue weighted by atomic mass is 19.1. The number of nitrogens with one attached hydrogen (secondary N) is 1. The maximum atomic E-state index is 13.8. The van der Waals surface area contributed by atoms with Crippen LogP contribution >= 0.6 is 0 Å². The number of para-hydroxylation sites is 1. The molecule has 2 saturated heterocycles. The number of carbonyl (C=O) groups is 1. The molecule has 0 bridgehead atoms. The van der Waals surface area contributed by atoms with Crippen LogP contribution in [-0.2, 0) is 9.47 Å². The third kappa shape index (κ3) is 3.60. The molecule has 1 amide bonds. The minimum absolute atomic E-state index is 0.0548. The average molecular weight is 376 g/mol. The van der Waals surface area contributed by atoms with Gasteiger partial charge in [0.25, 0.3) is 5.91 Å². The first-order valence-electron chi connectivity index (χ1n) is 8.68. The molecule has 4 rings (SSSR count). The predicted molar refractivity (Wildman–Crippen MR) is 91.4 cm³/mol. The molecule has 0 atom stereocenters. The van der Waals surface area contributed by atoms with E-state index in [4.69, 9.17) is 9.47 Å². The summed E-state index contributed by atoms with van der Waals surface area (Å²) in [6.07, 6.45) is 2.56. The van der Waals surface area contributed by atoms with E-state index in [1.807, 2.05) is 0 Å². The van der Waals surface area contributed by atoms with Crippen molar-refractivity contribution in [2.45, 2.75) is 18.6 Å². The summed E-state index contributed by atoms with van der Waals surface area (Å²) in [5, 5.41) is 2.50. The number of amides is 1. The molecule has 0 aliphatic carbocycles. The fourth-order valence-corrected chi connectivity index (χ4v) is 3.27. The largest absolute Gasteiger partial charge is 0.347 e. The van der Waals surface area contributed by atoms with E-state index in [2.05, 4.69) is 15.3 Å². The Balaban J connectivity index is 1.47. The number of aromatic nitrogens is 2. The Kier molecular flexibility index (Phi) is 4.71. The minimum Gasteiger partial charge on any atom is -0.347 e. The van der Waals surface area contributed by atoms with Crippen LogP contribution in [0.15, 0.2) is 30.5 Å². The van der Waals surface area contributed by atoms with Crippen LogP contribution in [0.5, 0.6) is 0 Å². The second-order valence-corrected chi connectivity index (χ2v) is 6.39. The number of anilines is 2. The van der Waals surface area contributed by atoms with E-state index in [-0.39, 0.29) is 23.2 Å². The molecule has 0 unspecified atom stereocenters. The molecule has 1 aromatic carbocycles. The van der Waals surface area contributed by atoms with E-state index < -0.39 is 17.4 Å². The number of benzene rings is 1. The maximum absolute atomic E-state index is 13.8. The number of hydrogen-bond acceptors (Lipinski definition) is 6. The molecule has 1 N–H and O–H groups in total. The molecular formula is C18H18F2N4O3. The van der Waals surface area contributed by atoms with Gasteiger partial charge in [-0.05, 0) is 18.2 Å². The number of rotatable bonds is 3. The van der Waals surface area contributed by atoms with Crippen LogP contribution in [0.1, 0.15) is 23.3 Å². The molecule has 3 heterocycles. The van der Waals surface area contributed by atoms with Gasteiger partial charge in [-0.3, -0.25) is 4.79 Å². The number of nitrogens with zero attached hydrogens (tertiary/aromatic N) is 3. The first-order valence-corrected chi connectivity index (χ1v) is 8.68. The predicted octanol–water partition coefficient (Wildman–Crippen LogP) is 2.48. The number of ether oxygens (including phenoxy) is 2. The van der Waals surface area contributed by atoms with E-state index >= 15 is 0 Å². The molecule has 0 radical (unpaired) electrons. The van der Waals surface area contributed by atoms with Gasteiger partial charge in [0.05, 0.1) is 13.2 Å². The van der Waals surface area contributed by atoms with Crippen LogP contribution < -0.4 is 5.32 Å². The highest BCUT2D eigenvalue weighted by molar-refractivity contribution is 5.92. The summed E-state index contributed by atoms with van der Waals surface area (Å²) >= 11 is 0. The van der Waals surface area contributed by atoms with Gasteiger partial charge in [0.2, 0.25) is 5.95 Å². The number of likely N-dealkylation sites (tertiary alicyclic amines) is 1. The Morgan fingerprint density at radius 1 is 1.11 bits per heavy atom. The standard InChI is InChI=1S/C18H18F2N4O3/c19-12-2-1-3-13(20)15(12)23-17-21-7-4-14(22-17)16(25)24-8-5-18(6-9-24)26-10-11-27-18/h1-4,7H,5-6,8-11H2,(H,21,22,23). The molecular weight excluding hydrogens is 358 g/mol. The SMILES string of the molecule is O=C(c1ccnc(Nc2c(F)cccc2F)n1)N1CCC2(CC1)OCCO2. The quantitative estimate of drug-likeness (QED) is 0.887. The zero-order chi connectivity index (χ0) is 18.9. The molecule has 7 nitrogen and oxygen atoms in total. The van der Waals surface area contributed by atoms with E-state index in [0.717, 1.165) is 12.1 Å². The van der Waals surface area contributed by atoms with E-state index in [1.165, 1.54) is 18.3 Å². The molecule has 9 heteroatoms.